The van der Waals surface area contributed by atoms with Crippen LogP contribution in [-0.2, 0) is 10.7 Å². The van der Waals surface area contributed by atoms with Crippen LogP contribution in [-0.4, -0.2) is 56.0 Å². The second-order valence-electron chi connectivity index (χ2n) is 10.7. The van der Waals surface area contributed by atoms with Crippen molar-refractivity contribution in [1.82, 2.24) is 25.2 Å². The molecule has 10 nitrogen and oxygen atoms in total. The summed E-state index contributed by atoms with van der Waals surface area (Å²) in [6.45, 7) is 4.30. The third-order valence-electron chi connectivity index (χ3n) is 7.16. The van der Waals surface area contributed by atoms with Gasteiger partial charge >= 0.3 is 12.4 Å². The van der Waals surface area contributed by atoms with Crippen molar-refractivity contribution in [2.75, 3.05) is 17.7 Å². The number of hydrazine groups is 1. The average molecular weight is 674 g/mol. The van der Waals surface area contributed by atoms with Gasteiger partial charge in [0, 0.05) is 25.1 Å². The maximum absolute atomic E-state index is 14.4. The maximum atomic E-state index is 14.4. The molecule has 5 rings (SSSR count). The van der Waals surface area contributed by atoms with Crippen LogP contribution in [0.15, 0.2) is 78.0 Å². The molecule has 4 aromatic rings. The Morgan fingerprint density at radius 1 is 1.06 bits per heavy atom. The number of alkyl halides is 5. The quantitative estimate of drug-likeness (QED) is 0.159. The number of aliphatic imine (C=N–C) groups is 1. The lowest BCUT2D eigenvalue weighted by molar-refractivity contribution is -0.274. The van der Waals surface area contributed by atoms with Gasteiger partial charge in [-0.2, -0.15) is 4.99 Å². The molecule has 1 atom stereocenters. The number of hydrogen-bond donors (Lipinski definition) is 1. The third kappa shape index (κ3) is 7.94. The van der Waals surface area contributed by atoms with E-state index in [1.807, 2.05) is 19.1 Å². The molecule has 3 amide bonds. The van der Waals surface area contributed by atoms with Crippen LogP contribution >= 0.6 is 11.8 Å². The van der Waals surface area contributed by atoms with Crippen molar-refractivity contribution < 1.29 is 36.3 Å². The number of hydrogen-bond acceptors (Lipinski definition) is 7. The number of benzene rings is 3. The predicted octanol–water partition coefficient (Wildman–Crippen LogP) is 7.01. The molecule has 0 saturated carbocycles. The van der Waals surface area contributed by atoms with Crippen LogP contribution in [0.2, 0.25) is 0 Å². The minimum absolute atomic E-state index is 0.00785. The number of halogens is 5. The number of aryl methyl sites for hydroxylation is 1. The van der Waals surface area contributed by atoms with Gasteiger partial charge < -0.3 is 4.74 Å². The molecule has 1 unspecified atom stereocenters. The number of aromatic nitrogens is 3. The van der Waals surface area contributed by atoms with E-state index in [1.165, 1.54) is 58.5 Å². The molecule has 1 N–H and O–H groups in total. The molecule has 0 bridgehead atoms. The van der Waals surface area contributed by atoms with Gasteiger partial charge in [0.05, 0.1) is 23.2 Å². The van der Waals surface area contributed by atoms with E-state index in [9.17, 15) is 31.5 Å². The first-order valence-corrected chi connectivity index (χ1v) is 15.0. The first-order chi connectivity index (χ1) is 22.1. The summed E-state index contributed by atoms with van der Waals surface area (Å²) in [5.41, 5.74) is 4.90. The highest BCUT2D eigenvalue weighted by atomic mass is 32.2. The van der Waals surface area contributed by atoms with Crippen LogP contribution in [0.1, 0.15) is 36.6 Å². The lowest BCUT2D eigenvalue weighted by Gasteiger charge is -2.25. The van der Waals surface area contributed by atoms with E-state index >= 15 is 0 Å². The number of ether oxygens (including phenoxy) is 1. The molecule has 1 saturated heterocycles. The molecule has 1 aliphatic heterocycles. The molecule has 0 spiro atoms. The van der Waals surface area contributed by atoms with Crippen molar-refractivity contribution >= 4 is 34.6 Å². The summed E-state index contributed by atoms with van der Waals surface area (Å²) in [6, 6.07) is 15.5. The van der Waals surface area contributed by atoms with E-state index in [-0.39, 0.29) is 34.0 Å². The summed E-state index contributed by atoms with van der Waals surface area (Å²) in [6.07, 6.45) is -3.36. The zero-order valence-corrected chi connectivity index (χ0v) is 26.2. The summed E-state index contributed by atoms with van der Waals surface area (Å²) < 4.78 is 71.3. The Kier molecular flexibility index (Phi) is 9.36. The van der Waals surface area contributed by atoms with Crippen molar-refractivity contribution in [2.45, 2.75) is 39.1 Å². The summed E-state index contributed by atoms with van der Waals surface area (Å²) >= 11 is 0.983. The van der Waals surface area contributed by atoms with E-state index in [0.29, 0.717) is 22.6 Å². The Balaban J connectivity index is 1.24. The molecule has 246 valence electrons. The summed E-state index contributed by atoms with van der Waals surface area (Å²) in [5, 5.41) is 5.91. The fourth-order valence-corrected chi connectivity index (χ4v) is 5.55. The molecule has 0 aliphatic carbocycles. The smallest absolute Gasteiger partial charge is 0.406 e. The number of anilines is 1. The van der Waals surface area contributed by atoms with E-state index < -0.39 is 24.2 Å². The highest BCUT2D eigenvalue weighted by Gasteiger charge is 2.37. The van der Waals surface area contributed by atoms with Crippen LogP contribution in [0, 0.1) is 6.92 Å². The van der Waals surface area contributed by atoms with Crippen LogP contribution in [0.4, 0.5) is 32.4 Å². The summed E-state index contributed by atoms with van der Waals surface area (Å²) in [7, 11) is 1.63. The van der Waals surface area contributed by atoms with Gasteiger partial charge in [-0.3, -0.25) is 15.1 Å². The molecule has 2 heterocycles. The second kappa shape index (κ2) is 13.1. The standard InChI is InChI=1S/C31H28F5N7O3S/c1-18-5-14-24(30(3,32)33)25(15-18)43-26(44)16-47-29(43)38-28(45)40-41(4)19(2)20-6-8-21(9-7-20)27-37-17-42(39-27)22-10-12-23(13-11-22)46-31(34,35)36/h5-15,17,19H,16H2,1-4H3,(H,40,45)/b38-29-. The monoisotopic (exact) mass is 673 g/mol. The molecule has 47 heavy (non-hydrogen) atoms. The second-order valence-corrected chi connectivity index (χ2v) is 11.6. The molecular formula is C31H28F5N7O3S. The van der Waals surface area contributed by atoms with Crippen LogP contribution in [0.3, 0.4) is 0 Å². The van der Waals surface area contributed by atoms with Crippen LogP contribution < -0.4 is 15.1 Å². The van der Waals surface area contributed by atoms with Crippen molar-refractivity contribution in [3.63, 3.8) is 0 Å². The first kappa shape index (κ1) is 33.5. The number of nitrogens with one attached hydrogen (secondary N) is 1. The van der Waals surface area contributed by atoms with Gasteiger partial charge in [0.1, 0.15) is 12.1 Å². The zero-order chi connectivity index (χ0) is 34.1. The number of amidine groups is 1. The number of carbonyl (C=O) groups excluding carboxylic acids is 2. The van der Waals surface area contributed by atoms with Crippen LogP contribution in [0.25, 0.3) is 17.1 Å². The van der Waals surface area contributed by atoms with Gasteiger partial charge in [-0.15, -0.1) is 18.3 Å². The fourth-order valence-electron chi connectivity index (χ4n) is 4.69. The normalized spacial score (nSPS) is 15.4. The predicted molar refractivity (Wildman–Crippen MR) is 166 cm³/mol. The Hall–Kier alpha value is -4.83. The van der Waals surface area contributed by atoms with Crippen molar-refractivity contribution in [3.8, 4) is 22.8 Å². The Labute approximate surface area is 270 Å². The first-order valence-electron chi connectivity index (χ1n) is 14.0. The Morgan fingerprint density at radius 3 is 2.38 bits per heavy atom. The fraction of sp³-hybridized carbons (Fsp3) is 0.258. The highest BCUT2D eigenvalue weighted by Crippen LogP contribution is 2.38. The van der Waals surface area contributed by atoms with Crippen LogP contribution in [0.5, 0.6) is 5.75 Å². The van der Waals surface area contributed by atoms with Gasteiger partial charge in [-0.1, -0.05) is 48.2 Å². The highest BCUT2D eigenvalue weighted by molar-refractivity contribution is 8.15. The van der Waals surface area contributed by atoms with Crippen molar-refractivity contribution in [3.05, 3.63) is 89.7 Å². The molecule has 0 radical (unpaired) electrons. The zero-order valence-electron chi connectivity index (χ0n) is 25.4. The largest absolute Gasteiger partial charge is 0.573 e. The molecule has 1 aromatic heterocycles. The van der Waals surface area contributed by atoms with E-state index in [1.54, 1.807) is 26.1 Å². The van der Waals surface area contributed by atoms with Crippen molar-refractivity contribution in [2.24, 2.45) is 4.99 Å². The number of nitrogens with zero attached hydrogens (tertiary/aromatic N) is 6. The molecule has 3 aromatic carbocycles. The maximum Gasteiger partial charge on any atom is 0.573 e. The summed E-state index contributed by atoms with van der Waals surface area (Å²) in [4.78, 5) is 35.0. The third-order valence-corrected chi connectivity index (χ3v) is 8.08. The van der Waals surface area contributed by atoms with E-state index in [4.69, 9.17) is 0 Å². The number of thioether (sulfide) groups is 1. The molecule has 1 fully saturated rings. The molecule has 16 heteroatoms. The van der Waals surface area contributed by atoms with Gasteiger partial charge in [-0.05, 0) is 55.3 Å². The van der Waals surface area contributed by atoms with Gasteiger partial charge in [0.25, 0.3) is 5.92 Å². The number of amides is 3. The Bertz CT molecular complexity index is 1810. The number of rotatable bonds is 8. The van der Waals surface area contributed by atoms with E-state index in [2.05, 4.69) is 25.2 Å². The van der Waals surface area contributed by atoms with Gasteiger partial charge in [0.2, 0.25) is 5.91 Å². The minimum atomic E-state index is -4.79. The number of carbonyl (C=O) groups is 2. The Morgan fingerprint density at radius 2 is 1.74 bits per heavy atom. The van der Waals surface area contributed by atoms with Gasteiger partial charge in [-0.25, -0.2) is 28.3 Å². The minimum Gasteiger partial charge on any atom is -0.406 e. The molecule has 1 aliphatic rings. The van der Waals surface area contributed by atoms with Gasteiger partial charge in [0.15, 0.2) is 11.0 Å². The topological polar surface area (TPSA) is 105 Å². The number of urea groups is 1. The van der Waals surface area contributed by atoms with E-state index in [0.717, 1.165) is 29.1 Å². The lowest BCUT2D eigenvalue weighted by Crippen LogP contribution is -2.40. The average Bonchev–Trinajstić information content (AvgIpc) is 3.62. The lowest BCUT2D eigenvalue weighted by atomic mass is 10.0. The SMILES string of the molecule is Cc1ccc(C(C)(F)F)c(N2C(=O)CS/C2=N\C(=O)NN(C)C(C)c2ccc(-c3ncn(-c4ccc(OC(F)(F)F)cc4)n3)cc2)c1. The van der Waals surface area contributed by atoms with Crippen molar-refractivity contribution in [1.29, 1.82) is 0 Å². The summed E-state index contributed by atoms with van der Waals surface area (Å²) in [5.74, 6) is -3.72. The molecular weight excluding hydrogens is 645 g/mol.